The molecule has 0 atom stereocenters. The number of ether oxygens (including phenoxy) is 3. The summed E-state index contributed by atoms with van der Waals surface area (Å²) in [6.45, 7) is 0.917. The molecule has 0 bridgehead atoms. The molecule has 192 valence electrons. The molecule has 10 nitrogen and oxygen atoms in total. The number of hydrogen-bond donors (Lipinski definition) is 1. The minimum absolute atomic E-state index is 0.0930. The maximum Gasteiger partial charge on any atom is 0.344 e. The molecule has 3 aromatic carbocycles. The van der Waals surface area contributed by atoms with Crippen LogP contribution in [0.15, 0.2) is 77.7 Å². The van der Waals surface area contributed by atoms with E-state index in [1.54, 1.807) is 55.5 Å². The van der Waals surface area contributed by atoms with E-state index in [-0.39, 0.29) is 29.5 Å². The quantitative estimate of drug-likeness (QED) is 0.317. The predicted molar refractivity (Wildman–Crippen MR) is 134 cm³/mol. The Hall–Kier alpha value is -4.38. The van der Waals surface area contributed by atoms with Crippen molar-refractivity contribution in [2.24, 2.45) is 0 Å². The first-order valence-electron chi connectivity index (χ1n) is 11.3. The van der Waals surface area contributed by atoms with Gasteiger partial charge in [-0.25, -0.2) is 13.2 Å². The number of anilines is 2. The van der Waals surface area contributed by atoms with Gasteiger partial charge in [0.05, 0.1) is 16.3 Å². The Balaban J connectivity index is 1.30. The van der Waals surface area contributed by atoms with Gasteiger partial charge in [-0.2, -0.15) is 0 Å². The van der Waals surface area contributed by atoms with Crippen LogP contribution in [-0.2, 0) is 24.3 Å². The fraction of sp³-hybridized carbons (Fsp3) is 0.192. The molecule has 0 saturated carbocycles. The zero-order valence-electron chi connectivity index (χ0n) is 19.9. The van der Waals surface area contributed by atoms with Crippen molar-refractivity contribution in [3.63, 3.8) is 0 Å². The largest absolute Gasteiger partial charge is 0.482 e. The predicted octanol–water partition coefficient (Wildman–Crippen LogP) is 3.04. The molecular weight excluding hydrogens is 500 g/mol. The van der Waals surface area contributed by atoms with Crippen molar-refractivity contribution < 1.29 is 37.0 Å². The van der Waals surface area contributed by atoms with E-state index in [9.17, 15) is 22.8 Å². The molecule has 1 N–H and O–H groups in total. The SMILES string of the molecule is CCN(c1ccc(OCC(=O)OCC(=O)c2ccc3c(c2)NC(=O)CO3)cc1)S(=O)(=O)c1ccccc1. The van der Waals surface area contributed by atoms with Gasteiger partial charge in [-0.1, -0.05) is 18.2 Å². The van der Waals surface area contributed by atoms with Gasteiger partial charge in [0.25, 0.3) is 15.9 Å². The van der Waals surface area contributed by atoms with E-state index in [1.165, 1.54) is 28.6 Å². The van der Waals surface area contributed by atoms with Crippen LogP contribution in [-0.4, -0.2) is 52.4 Å². The van der Waals surface area contributed by atoms with Crippen LogP contribution < -0.4 is 19.1 Å². The standard InChI is InChI=1S/C26H24N2O8S/c1-2-28(37(32,33)21-6-4-3-5-7-21)19-9-11-20(12-10-19)34-17-26(31)36-15-23(29)18-8-13-24-22(14-18)27-25(30)16-35-24/h3-14H,2,15-17H2,1H3,(H,27,30). The lowest BCUT2D eigenvalue weighted by Crippen LogP contribution is -2.30. The molecule has 4 rings (SSSR count). The minimum atomic E-state index is -3.73. The van der Waals surface area contributed by atoms with E-state index >= 15 is 0 Å². The van der Waals surface area contributed by atoms with Crippen molar-refractivity contribution in [3.05, 3.63) is 78.4 Å². The second kappa shape index (κ2) is 11.1. The molecule has 1 aliphatic heterocycles. The zero-order valence-corrected chi connectivity index (χ0v) is 20.7. The van der Waals surface area contributed by atoms with Crippen LogP contribution >= 0.6 is 0 Å². The molecule has 11 heteroatoms. The monoisotopic (exact) mass is 524 g/mol. The first-order valence-corrected chi connectivity index (χ1v) is 12.8. The first-order chi connectivity index (χ1) is 17.8. The topological polar surface area (TPSA) is 128 Å². The normalized spacial score (nSPS) is 12.5. The maximum atomic E-state index is 13.0. The van der Waals surface area contributed by atoms with Crippen LogP contribution in [0.4, 0.5) is 11.4 Å². The van der Waals surface area contributed by atoms with Gasteiger partial charge in [0.2, 0.25) is 0 Å². The van der Waals surface area contributed by atoms with Crippen LogP contribution in [0.3, 0.4) is 0 Å². The summed E-state index contributed by atoms with van der Waals surface area (Å²) in [7, 11) is -3.73. The summed E-state index contributed by atoms with van der Waals surface area (Å²) in [5, 5.41) is 2.61. The highest BCUT2D eigenvalue weighted by atomic mass is 32.2. The van der Waals surface area contributed by atoms with E-state index in [2.05, 4.69) is 5.32 Å². The summed E-state index contributed by atoms with van der Waals surface area (Å²) in [5.41, 5.74) is 1.07. The number of rotatable bonds is 10. The Morgan fingerprint density at radius 1 is 1.00 bits per heavy atom. The van der Waals surface area contributed by atoms with Crippen LogP contribution in [0.5, 0.6) is 11.5 Å². The summed E-state index contributed by atoms with van der Waals surface area (Å²) in [5.74, 6) is -0.764. The zero-order chi connectivity index (χ0) is 26.4. The Bertz CT molecular complexity index is 1410. The van der Waals surface area contributed by atoms with Gasteiger partial charge in [-0.3, -0.25) is 13.9 Å². The number of ketones is 1. The number of nitrogens with zero attached hydrogens (tertiary/aromatic N) is 1. The van der Waals surface area contributed by atoms with Crippen molar-refractivity contribution in [2.75, 3.05) is 36.0 Å². The van der Waals surface area contributed by atoms with Gasteiger partial charge in [-0.05, 0) is 61.5 Å². The Morgan fingerprint density at radius 3 is 2.43 bits per heavy atom. The van der Waals surface area contributed by atoms with Gasteiger partial charge >= 0.3 is 5.97 Å². The highest BCUT2D eigenvalue weighted by Crippen LogP contribution is 2.29. The number of nitrogens with one attached hydrogen (secondary N) is 1. The molecule has 1 amide bonds. The molecule has 0 aliphatic carbocycles. The number of esters is 1. The fourth-order valence-electron chi connectivity index (χ4n) is 3.59. The molecule has 0 aromatic heterocycles. The van der Waals surface area contributed by atoms with Crippen molar-refractivity contribution in [3.8, 4) is 11.5 Å². The summed E-state index contributed by atoms with van der Waals surface area (Å²) in [4.78, 5) is 36.1. The second-order valence-electron chi connectivity index (χ2n) is 7.90. The van der Waals surface area contributed by atoms with Crippen LogP contribution in [0.1, 0.15) is 17.3 Å². The number of Topliss-reactive ketones (excluding diaryl/α,β-unsaturated/α-hetero) is 1. The molecule has 0 saturated heterocycles. The number of hydrogen-bond acceptors (Lipinski definition) is 8. The smallest absolute Gasteiger partial charge is 0.344 e. The lowest BCUT2D eigenvalue weighted by molar-refractivity contribution is -0.144. The van der Waals surface area contributed by atoms with Crippen LogP contribution in [0, 0.1) is 0 Å². The van der Waals surface area contributed by atoms with E-state index < -0.39 is 35.0 Å². The first kappa shape index (κ1) is 25.7. The molecule has 37 heavy (non-hydrogen) atoms. The average Bonchev–Trinajstić information content (AvgIpc) is 2.91. The molecule has 0 radical (unpaired) electrons. The number of fused-ring (bicyclic) bond motifs is 1. The molecule has 1 heterocycles. The minimum Gasteiger partial charge on any atom is -0.482 e. The molecule has 0 fully saturated rings. The van der Waals surface area contributed by atoms with Crippen molar-refractivity contribution >= 4 is 39.1 Å². The Morgan fingerprint density at radius 2 is 1.73 bits per heavy atom. The van der Waals surface area contributed by atoms with E-state index in [0.717, 1.165) is 0 Å². The molecular formula is C26H24N2O8S. The summed E-state index contributed by atoms with van der Waals surface area (Å²) in [6, 6.07) is 18.9. The van der Waals surface area contributed by atoms with Crippen LogP contribution in [0.25, 0.3) is 0 Å². The lowest BCUT2D eigenvalue weighted by atomic mass is 10.1. The van der Waals surface area contributed by atoms with Crippen molar-refractivity contribution in [1.29, 1.82) is 0 Å². The number of benzene rings is 3. The molecule has 1 aliphatic rings. The van der Waals surface area contributed by atoms with Gasteiger partial charge in [0.1, 0.15) is 11.5 Å². The lowest BCUT2D eigenvalue weighted by Gasteiger charge is -2.23. The second-order valence-corrected chi connectivity index (χ2v) is 9.76. The summed E-state index contributed by atoms with van der Waals surface area (Å²) in [6.07, 6.45) is 0. The third-order valence-electron chi connectivity index (χ3n) is 5.40. The highest BCUT2D eigenvalue weighted by Gasteiger charge is 2.23. The highest BCUT2D eigenvalue weighted by molar-refractivity contribution is 7.92. The Kier molecular flexibility index (Phi) is 7.73. The Labute approximate surface area is 213 Å². The van der Waals surface area contributed by atoms with E-state index in [1.807, 2.05) is 0 Å². The van der Waals surface area contributed by atoms with Crippen molar-refractivity contribution in [2.45, 2.75) is 11.8 Å². The number of carbonyl (C=O) groups excluding carboxylic acids is 3. The maximum absolute atomic E-state index is 13.0. The van der Waals surface area contributed by atoms with Crippen molar-refractivity contribution in [1.82, 2.24) is 0 Å². The third kappa shape index (κ3) is 6.07. The van der Waals surface area contributed by atoms with Gasteiger partial charge in [-0.15, -0.1) is 0 Å². The van der Waals surface area contributed by atoms with Gasteiger partial charge in [0, 0.05) is 12.1 Å². The molecule has 3 aromatic rings. The van der Waals surface area contributed by atoms with E-state index in [0.29, 0.717) is 22.9 Å². The van der Waals surface area contributed by atoms with Gasteiger partial charge < -0.3 is 19.5 Å². The summed E-state index contributed by atoms with van der Waals surface area (Å²) < 4.78 is 42.8. The third-order valence-corrected chi connectivity index (χ3v) is 7.32. The van der Waals surface area contributed by atoms with E-state index in [4.69, 9.17) is 14.2 Å². The molecule has 0 unspecified atom stereocenters. The molecule has 0 spiro atoms. The van der Waals surface area contributed by atoms with Crippen LogP contribution in [0.2, 0.25) is 0 Å². The number of carbonyl (C=O) groups is 3. The fourth-order valence-corrected chi connectivity index (χ4v) is 5.08. The number of amides is 1. The number of sulfonamides is 1. The summed E-state index contributed by atoms with van der Waals surface area (Å²) >= 11 is 0. The average molecular weight is 525 g/mol. The van der Waals surface area contributed by atoms with Gasteiger partial charge in [0.15, 0.2) is 25.6 Å².